The first-order valence-electron chi connectivity index (χ1n) is 8.53. The predicted molar refractivity (Wildman–Crippen MR) is 89.5 cm³/mol. The van der Waals surface area contributed by atoms with Crippen LogP contribution >= 0.6 is 0 Å². The maximum Gasteiger partial charge on any atom is 0.320 e. The van der Waals surface area contributed by atoms with E-state index in [2.05, 4.69) is 25.3 Å². The van der Waals surface area contributed by atoms with E-state index in [-0.39, 0.29) is 12.1 Å². The summed E-state index contributed by atoms with van der Waals surface area (Å²) in [5, 5.41) is 3.43. The fourth-order valence-electron chi connectivity index (χ4n) is 3.47. The highest BCUT2D eigenvalue weighted by Crippen LogP contribution is 2.20. The van der Waals surface area contributed by atoms with Gasteiger partial charge in [-0.05, 0) is 25.7 Å². The molecule has 1 N–H and O–H groups in total. The molecule has 1 unspecified atom stereocenters. The minimum Gasteiger partial charge on any atom is -0.364 e. The van der Waals surface area contributed by atoms with Crippen LogP contribution in [0, 0.1) is 0 Å². The lowest BCUT2D eigenvalue weighted by Crippen LogP contribution is -2.49. The van der Waals surface area contributed by atoms with Gasteiger partial charge in [0.05, 0.1) is 0 Å². The van der Waals surface area contributed by atoms with Crippen molar-refractivity contribution in [2.75, 3.05) is 31.5 Å². The van der Waals surface area contributed by atoms with Crippen LogP contribution in [0.15, 0.2) is 18.7 Å². The lowest BCUT2D eigenvalue weighted by Gasteiger charge is -2.35. The highest BCUT2D eigenvalue weighted by molar-refractivity contribution is 5.81. The molecule has 4 heterocycles. The summed E-state index contributed by atoms with van der Waals surface area (Å²) in [6, 6.07) is 0.344. The number of hydrogen-bond donors (Lipinski definition) is 1. The number of amides is 2. The Hall–Kier alpha value is -2.51. The number of aromatic nitrogens is 4. The number of fused-ring (bicyclic) bond motifs is 1. The molecule has 0 saturated carbocycles. The van der Waals surface area contributed by atoms with E-state index < -0.39 is 0 Å². The van der Waals surface area contributed by atoms with Crippen LogP contribution in [-0.2, 0) is 0 Å². The largest absolute Gasteiger partial charge is 0.364 e. The Morgan fingerprint density at radius 2 is 1.79 bits per heavy atom. The normalized spacial score (nSPS) is 21.2. The van der Waals surface area contributed by atoms with Crippen LogP contribution in [0.25, 0.3) is 11.2 Å². The Labute approximate surface area is 140 Å². The molecule has 8 heteroatoms. The van der Waals surface area contributed by atoms with Gasteiger partial charge in [0.15, 0.2) is 11.5 Å². The van der Waals surface area contributed by atoms with Crippen molar-refractivity contribution in [1.82, 2.24) is 29.7 Å². The first-order valence-corrected chi connectivity index (χ1v) is 8.53. The number of hydrogen-bond acceptors (Lipinski definition) is 6. The van der Waals surface area contributed by atoms with Gasteiger partial charge in [-0.15, -0.1) is 0 Å². The number of nitrogens with zero attached hydrogens (tertiary/aromatic N) is 6. The minimum absolute atomic E-state index is 0.172. The van der Waals surface area contributed by atoms with Crippen molar-refractivity contribution < 1.29 is 4.79 Å². The Bertz CT molecular complexity index is 726. The maximum absolute atomic E-state index is 12.6. The quantitative estimate of drug-likeness (QED) is 0.900. The van der Waals surface area contributed by atoms with Gasteiger partial charge in [0.25, 0.3) is 0 Å². The number of anilines is 1. The first-order chi connectivity index (χ1) is 11.8. The number of likely N-dealkylation sites (tertiary alicyclic amines) is 2. The second-order valence-electron chi connectivity index (χ2n) is 6.36. The molecule has 4 rings (SSSR count). The number of rotatable bonds is 2. The zero-order chi connectivity index (χ0) is 16.4. The van der Waals surface area contributed by atoms with E-state index in [0.717, 1.165) is 45.3 Å². The van der Waals surface area contributed by atoms with Gasteiger partial charge in [-0.2, -0.15) is 0 Å². The fraction of sp³-hybridized carbons (Fsp3) is 0.562. The molecular formula is C16H21N7O. The van der Waals surface area contributed by atoms with Crippen molar-refractivity contribution in [3.05, 3.63) is 18.7 Å². The van der Waals surface area contributed by atoms with Crippen LogP contribution in [-0.4, -0.2) is 68.0 Å². The van der Waals surface area contributed by atoms with Crippen molar-refractivity contribution in [3.8, 4) is 0 Å². The minimum atomic E-state index is 0.172. The van der Waals surface area contributed by atoms with Gasteiger partial charge in [0.1, 0.15) is 11.8 Å². The molecule has 2 aliphatic rings. The highest BCUT2D eigenvalue weighted by Gasteiger charge is 2.28. The first kappa shape index (κ1) is 15.0. The molecule has 24 heavy (non-hydrogen) atoms. The standard InChI is InChI=1S/C16H21N7O/c24-16(22-7-1-2-8-22)23-9-3-4-12(10-23)21-15-13-14(19-11-20-15)18-6-5-17-13/h5-6,11-12H,1-4,7-10H2,(H,18,19,20,21). The molecule has 0 aromatic carbocycles. The summed E-state index contributed by atoms with van der Waals surface area (Å²) in [5.41, 5.74) is 1.25. The second-order valence-corrected chi connectivity index (χ2v) is 6.36. The number of nitrogens with one attached hydrogen (secondary N) is 1. The third kappa shape index (κ3) is 2.95. The van der Waals surface area contributed by atoms with E-state index in [9.17, 15) is 4.79 Å². The molecule has 2 saturated heterocycles. The summed E-state index contributed by atoms with van der Waals surface area (Å²) in [7, 11) is 0. The summed E-state index contributed by atoms with van der Waals surface area (Å²) in [6.07, 6.45) is 8.99. The third-order valence-corrected chi connectivity index (χ3v) is 4.68. The van der Waals surface area contributed by atoms with Crippen LogP contribution in [0.1, 0.15) is 25.7 Å². The molecule has 1 atom stereocenters. The van der Waals surface area contributed by atoms with Gasteiger partial charge < -0.3 is 15.1 Å². The Morgan fingerprint density at radius 3 is 2.67 bits per heavy atom. The third-order valence-electron chi connectivity index (χ3n) is 4.68. The van der Waals surface area contributed by atoms with Gasteiger partial charge in [-0.3, -0.25) is 0 Å². The van der Waals surface area contributed by atoms with Gasteiger partial charge in [-0.25, -0.2) is 24.7 Å². The van der Waals surface area contributed by atoms with E-state index in [1.54, 1.807) is 12.4 Å². The molecule has 2 amide bonds. The van der Waals surface area contributed by atoms with Crippen molar-refractivity contribution in [2.45, 2.75) is 31.7 Å². The SMILES string of the molecule is O=C(N1CCCC1)N1CCCC(Nc2ncnc3nccnc23)C1. The fourth-order valence-corrected chi connectivity index (χ4v) is 3.47. The van der Waals surface area contributed by atoms with Crippen LogP contribution in [0.2, 0.25) is 0 Å². The van der Waals surface area contributed by atoms with E-state index >= 15 is 0 Å². The average molecular weight is 327 g/mol. The van der Waals surface area contributed by atoms with Gasteiger partial charge in [0.2, 0.25) is 0 Å². The number of piperidine rings is 1. The van der Waals surface area contributed by atoms with Crippen molar-refractivity contribution in [2.24, 2.45) is 0 Å². The van der Waals surface area contributed by atoms with Crippen molar-refractivity contribution >= 4 is 23.0 Å². The molecular weight excluding hydrogens is 306 g/mol. The lowest BCUT2D eigenvalue weighted by molar-refractivity contribution is 0.149. The number of carbonyl (C=O) groups is 1. The van der Waals surface area contributed by atoms with Crippen LogP contribution in [0.4, 0.5) is 10.6 Å². The summed E-state index contributed by atoms with van der Waals surface area (Å²) in [6.45, 7) is 3.30. The molecule has 0 spiro atoms. The molecule has 2 aromatic rings. The van der Waals surface area contributed by atoms with E-state index in [0.29, 0.717) is 23.5 Å². The summed E-state index contributed by atoms with van der Waals surface area (Å²) in [5.74, 6) is 0.688. The Balaban J connectivity index is 1.47. The van der Waals surface area contributed by atoms with E-state index in [1.165, 1.54) is 6.33 Å². The summed E-state index contributed by atoms with van der Waals surface area (Å²) in [4.78, 5) is 33.5. The second kappa shape index (κ2) is 6.54. The van der Waals surface area contributed by atoms with Crippen molar-refractivity contribution in [1.29, 1.82) is 0 Å². The predicted octanol–water partition coefficient (Wildman–Crippen LogP) is 1.51. The smallest absolute Gasteiger partial charge is 0.320 e. The van der Waals surface area contributed by atoms with Gasteiger partial charge in [-0.1, -0.05) is 0 Å². The monoisotopic (exact) mass is 327 g/mol. The van der Waals surface area contributed by atoms with Crippen LogP contribution in [0.5, 0.6) is 0 Å². The average Bonchev–Trinajstić information content (AvgIpc) is 3.16. The molecule has 2 aliphatic heterocycles. The molecule has 8 nitrogen and oxygen atoms in total. The van der Waals surface area contributed by atoms with Gasteiger partial charge >= 0.3 is 6.03 Å². The number of carbonyl (C=O) groups excluding carboxylic acids is 1. The molecule has 2 aromatic heterocycles. The molecule has 0 bridgehead atoms. The molecule has 126 valence electrons. The Kier molecular flexibility index (Phi) is 4.10. The summed E-state index contributed by atoms with van der Waals surface area (Å²) < 4.78 is 0. The topological polar surface area (TPSA) is 87.1 Å². The summed E-state index contributed by atoms with van der Waals surface area (Å²) >= 11 is 0. The van der Waals surface area contributed by atoms with Crippen molar-refractivity contribution in [3.63, 3.8) is 0 Å². The number of urea groups is 1. The van der Waals surface area contributed by atoms with E-state index in [1.807, 2.05) is 9.80 Å². The zero-order valence-electron chi connectivity index (χ0n) is 13.6. The van der Waals surface area contributed by atoms with E-state index in [4.69, 9.17) is 0 Å². The lowest BCUT2D eigenvalue weighted by atomic mass is 10.1. The Morgan fingerprint density at radius 1 is 1.00 bits per heavy atom. The zero-order valence-corrected chi connectivity index (χ0v) is 13.6. The maximum atomic E-state index is 12.6. The molecule has 0 radical (unpaired) electrons. The van der Waals surface area contributed by atoms with Gasteiger partial charge in [0, 0.05) is 44.6 Å². The highest BCUT2D eigenvalue weighted by atomic mass is 16.2. The molecule has 2 fully saturated rings. The van der Waals surface area contributed by atoms with Crippen LogP contribution in [0.3, 0.4) is 0 Å². The molecule has 0 aliphatic carbocycles. The van der Waals surface area contributed by atoms with Crippen LogP contribution < -0.4 is 5.32 Å².